The molecule has 1 N–H and O–H groups in total. The molecule has 0 saturated carbocycles. The van der Waals surface area contributed by atoms with Crippen LogP contribution in [0.25, 0.3) is 0 Å². The number of alkyl halides is 3. The van der Waals surface area contributed by atoms with Crippen LogP contribution in [0.15, 0.2) is 53.7 Å². The molecule has 2 aromatic carbocycles. The number of halogens is 4. The molecule has 10 heteroatoms. The van der Waals surface area contributed by atoms with Gasteiger partial charge in [-0.2, -0.15) is 21.6 Å². The van der Waals surface area contributed by atoms with E-state index in [4.69, 9.17) is 16.4 Å². The molecule has 0 bridgehead atoms. The maximum atomic E-state index is 12.7. The second-order valence-electron chi connectivity index (χ2n) is 4.96. The predicted octanol–water partition coefficient (Wildman–Crippen LogP) is 4.39. The van der Waals surface area contributed by atoms with Crippen molar-refractivity contribution < 1.29 is 26.4 Å². The van der Waals surface area contributed by atoms with Gasteiger partial charge in [0.25, 0.3) is 0 Å². The lowest BCUT2D eigenvalue weighted by molar-refractivity contribution is -0.0429. The summed E-state index contributed by atoms with van der Waals surface area (Å²) in [7, 11) is -5.61. The molecule has 5 nitrogen and oxygen atoms in total. The van der Waals surface area contributed by atoms with Crippen molar-refractivity contribution in [3.63, 3.8) is 0 Å². The zero-order chi connectivity index (χ0) is 19.4. The summed E-state index contributed by atoms with van der Waals surface area (Å²) in [6, 6.07) is 12.1. The largest absolute Gasteiger partial charge is 0.516 e. The number of sulfonamides is 1. The number of nitrogens with zero attached hydrogens (tertiary/aromatic N) is 1. The van der Waals surface area contributed by atoms with Gasteiger partial charge in [-0.15, -0.1) is 0 Å². The maximum Gasteiger partial charge on any atom is 0.516 e. The quantitative estimate of drug-likeness (QED) is 0.571. The van der Waals surface area contributed by atoms with Gasteiger partial charge in [0, 0.05) is 16.1 Å². The summed E-state index contributed by atoms with van der Waals surface area (Å²) in [4.78, 5) is 5.04. The molecule has 26 heavy (non-hydrogen) atoms. The van der Waals surface area contributed by atoms with E-state index < -0.39 is 15.5 Å². The van der Waals surface area contributed by atoms with Gasteiger partial charge in [0.1, 0.15) is 12.3 Å². The first kappa shape index (κ1) is 20.1. The first-order chi connectivity index (χ1) is 12.2. The van der Waals surface area contributed by atoms with E-state index in [-0.39, 0.29) is 28.6 Å². The third kappa shape index (κ3) is 4.67. The normalized spacial score (nSPS) is 12.7. The van der Waals surface area contributed by atoms with Gasteiger partial charge in [-0.3, -0.25) is 4.72 Å². The number of hydrogen-bond acceptors (Lipinski definition) is 4. The first-order valence-electron chi connectivity index (χ1n) is 7.30. The van der Waals surface area contributed by atoms with E-state index in [2.05, 4.69) is 5.16 Å². The Kier molecular flexibility index (Phi) is 6.14. The summed E-state index contributed by atoms with van der Waals surface area (Å²) in [6.07, 6.45) is 0. The molecule has 0 saturated heterocycles. The van der Waals surface area contributed by atoms with E-state index in [0.29, 0.717) is 5.56 Å². The second-order valence-corrected chi connectivity index (χ2v) is 7.08. The minimum Gasteiger partial charge on any atom is -0.396 e. The number of benzene rings is 2. The van der Waals surface area contributed by atoms with Gasteiger partial charge in [-0.1, -0.05) is 47.1 Å². The zero-order valence-corrected chi connectivity index (χ0v) is 15.0. The van der Waals surface area contributed by atoms with Gasteiger partial charge in [0.05, 0.1) is 5.69 Å². The molecule has 0 heterocycles. The van der Waals surface area contributed by atoms with E-state index in [9.17, 15) is 21.6 Å². The Bertz CT molecular complexity index is 901. The number of hydrogen-bond donors (Lipinski definition) is 1. The fourth-order valence-corrected chi connectivity index (χ4v) is 2.74. The van der Waals surface area contributed by atoms with E-state index >= 15 is 0 Å². The molecule has 0 fully saturated rings. The van der Waals surface area contributed by atoms with Gasteiger partial charge >= 0.3 is 15.5 Å². The third-order valence-electron chi connectivity index (χ3n) is 3.12. The molecule has 0 aliphatic heterocycles. The Morgan fingerprint density at radius 1 is 1.19 bits per heavy atom. The van der Waals surface area contributed by atoms with Crippen LogP contribution in [0, 0.1) is 0 Å². The molecule has 140 valence electrons. The maximum absolute atomic E-state index is 12.7. The Morgan fingerprint density at radius 3 is 2.42 bits per heavy atom. The van der Waals surface area contributed by atoms with Crippen molar-refractivity contribution in [3.05, 3.63) is 64.7 Å². The molecular weight excluding hydrogens is 393 g/mol. The Hall–Kier alpha value is -2.26. The highest BCUT2D eigenvalue weighted by Crippen LogP contribution is 2.30. The molecule has 2 rings (SSSR count). The Labute approximate surface area is 153 Å². The summed E-state index contributed by atoms with van der Waals surface area (Å²) >= 11 is 5.95. The summed E-state index contributed by atoms with van der Waals surface area (Å²) < 4.78 is 62.7. The second kappa shape index (κ2) is 7.96. The van der Waals surface area contributed by atoms with Crippen LogP contribution in [0.3, 0.4) is 0 Å². The van der Waals surface area contributed by atoms with Crippen molar-refractivity contribution in [3.8, 4) is 0 Å². The van der Waals surface area contributed by atoms with Crippen LogP contribution < -0.4 is 4.72 Å². The van der Waals surface area contributed by atoms with Gasteiger partial charge in [-0.05, 0) is 25.1 Å². The smallest absolute Gasteiger partial charge is 0.396 e. The molecule has 0 amide bonds. The molecule has 0 aliphatic rings. The fourth-order valence-electron chi connectivity index (χ4n) is 1.99. The van der Waals surface area contributed by atoms with Crippen LogP contribution in [0.5, 0.6) is 0 Å². The molecule has 0 atom stereocenters. The third-order valence-corrected chi connectivity index (χ3v) is 4.45. The average Bonchev–Trinajstić information content (AvgIpc) is 2.57. The summed E-state index contributed by atoms with van der Waals surface area (Å²) in [5, 5.41) is 4.11. The van der Waals surface area contributed by atoms with Crippen LogP contribution in [0.4, 0.5) is 18.9 Å². The van der Waals surface area contributed by atoms with Gasteiger partial charge in [0.2, 0.25) is 0 Å². The van der Waals surface area contributed by atoms with Crippen molar-refractivity contribution in [2.75, 3.05) is 11.3 Å². The van der Waals surface area contributed by atoms with Gasteiger partial charge in [-0.25, -0.2) is 0 Å². The first-order valence-corrected chi connectivity index (χ1v) is 9.16. The number of anilines is 1. The fraction of sp³-hybridized carbons (Fsp3) is 0.188. The Morgan fingerprint density at radius 2 is 1.85 bits per heavy atom. The minimum absolute atomic E-state index is 0.0463. The summed E-state index contributed by atoms with van der Waals surface area (Å²) in [6.45, 7) is 1.89. The standard InChI is InChI=1S/C16H14ClF3N2O3S/c1-2-25-21-15(11-6-4-3-5-7-11)13-10-12(17)8-9-14(13)22-26(23,24)16(18,19)20/h3-10,22H,2H2,1H3. The average molecular weight is 407 g/mol. The van der Waals surface area contributed by atoms with Crippen LogP contribution in [0.2, 0.25) is 5.02 Å². The van der Waals surface area contributed by atoms with Gasteiger partial charge in [0.15, 0.2) is 0 Å². The lowest BCUT2D eigenvalue weighted by Crippen LogP contribution is -2.30. The lowest BCUT2D eigenvalue weighted by Gasteiger charge is -2.16. The topological polar surface area (TPSA) is 67.8 Å². The predicted molar refractivity (Wildman–Crippen MR) is 93.8 cm³/mol. The van der Waals surface area contributed by atoms with Crippen molar-refractivity contribution >= 4 is 33.0 Å². The van der Waals surface area contributed by atoms with Crippen molar-refractivity contribution in [2.45, 2.75) is 12.4 Å². The molecule has 0 aromatic heterocycles. The zero-order valence-electron chi connectivity index (χ0n) is 13.4. The lowest BCUT2D eigenvalue weighted by atomic mass is 10.0. The number of rotatable bonds is 6. The Balaban J connectivity index is 2.61. The summed E-state index contributed by atoms with van der Waals surface area (Å²) in [5.74, 6) is 0. The van der Waals surface area contributed by atoms with Crippen LogP contribution in [-0.2, 0) is 14.9 Å². The highest BCUT2D eigenvalue weighted by molar-refractivity contribution is 7.93. The summed E-state index contributed by atoms with van der Waals surface area (Å²) in [5.41, 5.74) is -5.10. The van der Waals surface area contributed by atoms with E-state index in [1.54, 1.807) is 37.3 Å². The highest BCUT2D eigenvalue weighted by atomic mass is 35.5. The number of oxime groups is 1. The van der Waals surface area contributed by atoms with E-state index in [0.717, 1.165) is 6.07 Å². The molecule has 0 spiro atoms. The monoisotopic (exact) mass is 406 g/mol. The molecule has 0 radical (unpaired) electrons. The van der Waals surface area contributed by atoms with Crippen molar-refractivity contribution in [1.29, 1.82) is 0 Å². The van der Waals surface area contributed by atoms with Crippen LogP contribution >= 0.6 is 11.6 Å². The van der Waals surface area contributed by atoms with E-state index in [1.165, 1.54) is 16.9 Å². The van der Waals surface area contributed by atoms with Crippen molar-refractivity contribution in [2.24, 2.45) is 5.16 Å². The highest BCUT2D eigenvalue weighted by Gasteiger charge is 2.46. The van der Waals surface area contributed by atoms with Crippen LogP contribution in [0.1, 0.15) is 18.1 Å². The molecular formula is C16H14ClF3N2O3S. The minimum atomic E-state index is -5.61. The number of nitrogens with one attached hydrogen (secondary N) is 1. The molecule has 2 aromatic rings. The van der Waals surface area contributed by atoms with Gasteiger partial charge < -0.3 is 4.84 Å². The van der Waals surface area contributed by atoms with Crippen molar-refractivity contribution in [1.82, 2.24) is 0 Å². The van der Waals surface area contributed by atoms with E-state index in [1.807, 2.05) is 0 Å². The molecule has 0 unspecified atom stereocenters. The van der Waals surface area contributed by atoms with Crippen LogP contribution in [-0.4, -0.2) is 26.2 Å². The SMILES string of the molecule is CCON=C(c1ccccc1)c1cc(Cl)ccc1NS(=O)(=O)C(F)(F)F. The molecule has 0 aliphatic carbocycles.